The summed E-state index contributed by atoms with van der Waals surface area (Å²) >= 11 is 5.60. The maximum atomic E-state index is 13.8. The van der Waals surface area contributed by atoms with E-state index in [2.05, 4.69) is 4.74 Å². The van der Waals surface area contributed by atoms with Gasteiger partial charge < -0.3 is 4.74 Å². The van der Waals surface area contributed by atoms with Gasteiger partial charge in [-0.2, -0.15) is 5.26 Å². The molecule has 2 aromatic rings. The standard InChI is InChI=1S/C14H6ClF4NO/c15-9-2-4-10(12(16)6-9)11-3-1-8(7-20)5-13(11)21-14(17,18)19/h1-6H. The molecule has 0 spiro atoms. The molecule has 0 aliphatic heterocycles. The molecular formula is C14H6ClF4NO. The van der Waals surface area contributed by atoms with E-state index in [0.717, 1.165) is 12.1 Å². The van der Waals surface area contributed by atoms with Crippen molar-refractivity contribution >= 4 is 11.6 Å². The second kappa shape index (κ2) is 5.62. The van der Waals surface area contributed by atoms with Crippen LogP contribution in [0.5, 0.6) is 5.75 Å². The highest BCUT2D eigenvalue weighted by atomic mass is 35.5. The molecule has 0 aliphatic carbocycles. The van der Waals surface area contributed by atoms with E-state index >= 15 is 0 Å². The molecule has 0 aliphatic rings. The predicted molar refractivity (Wildman–Crippen MR) is 68.2 cm³/mol. The molecule has 0 heterocycles. The van der Waals surface area contributed by atoms with Crippen molar-refractivity contribution < 1.29 is 22.3 Å². The van der Waals surface area contributed by atoms with Crippen molar-refractivity contribution in [3.8, 4) is 22.9 Å². The van der Waals surface area contributed by atoms with Gasteiger partial charge in [0.15, 0.2) is 0 Å². The van der Waals surface area contributed by atoms with Crippen molar-refractivity contribution in [3.63, 3.8) is 0 Å². The number of nitriles is 1. The average molecular weight is 316 g/mol. The molecule has 2 nitrogen and oxygen atoms in total. The van der Waals surface area contributed by atoms with E-state index in [4.69, 9.17) is 16.9 Å². The van der Waals surface area contributed by atoms with Crippen LogP contribution in [0.4, 0.5) is 17.6 Å². The fraction of sp³-hybridized carbons (Fsp3) is 0.0714. The lowest BCUT2D eigenvalue weighted by molar-refractivity contribution is -0.274. The van der Waals surface area contributed by atoms with Gasteiger partial charge in [-0.15, -0.1) is 13.2 Å². The number of benzene rings is 2. The lowest BCUT2D eigenvalue weighted by Gasteiger charge is -2.14. The monoisotopic (exact) mass is 315 g/mol. The SMILES string of the molecule is N#Cc1ccc(-c2ccc(Cl)cc2F)c(OC(F)(F)F)c1. The van der Waals surface area contributed by atoms with Gasteiger partial charge in [0.2, 0.25) is 0 Å². The van der Waals surface area contributed by atoms with Crippen molar-refractivity contribution in [1.29, 1.82) is 5.26 Å². The van der Waals surface area contributed by atoms with Crippen molar-refractivity contribution in [2.24, 2.45) is 0 Å². The quantitative estimate of drug-likeness (QED) is 0.737. The van der Waals surface area contributed by atoms with Crippen LogP contribution in [0.25, 0.3) is 11.1 Å². The van der Waals surface area contributed by atoms with Crippen LogP contribution in [-0.4, -0.2) is 6.36 Å². The summed E-state index contributed by atoms with van der Waals surface area (Å²) in [7, 11) is 0. The fourth-order valence-corrected chi connectivity index (χ4v) is 1.89. The summed E-state index contributed by atoms with van der Waals surface area (Å²) in [5.41, 5.74) is -0.268. The van der Waals surface area contributed by atoms with Crippen LogP contribution in [0.15, 0.2) is 36.4 Å². The number of halogens is 5. The van der Waals surface area contributed by atoms with E-state index in [0.29, 0.717) is 0 Å². The molecule has 108 valence electrons. The average Bonchev–Trinajstić information content (AvgIpc) is 2.37. The Balaban J connectivity index is 2.59. The second-order valence-electron chi connectivity index (χ2n) is 3.99. The highest BCUT2D eigenvalue weighted by molar-refractivity contribution is 6.30. The van der Waals surface area contributed by atoms with Crippen molar-refractivity contribution in [2.75, 3.05) is 0 Å². The first-order valence-electron chi connectivity index (χ1n) is 5.55. The first-order chi connectivity index (χ1) is 9.80. The third-order valence-electron chi connectivity index (χ3n) is 2.56. The Labute approximate surface area is 122 Å². The van der Waals surface area contributed by atoms with E-state index in [9.17, 15) is 17.6 Å². The molecule has 7 heteroatoms. The van der Waals surface area contributed by atoms with Gasteiger partial charge in [0.25, 0.3) is 0 Å². The summed E-state index contributed by atoms with van der Waals surface area (Å²) in [6.45, 7) is 0. The number of rotatable bonds is 2. The van der Waals surface area contributed by atoms with Crippen LogP contribution in [-0.2, 0) is 0 Å². The molecule has 0 atom stereocenters. The Hall–Kier alpha value is -2.26. The molecule has 21 heavy (non-hydrogen) atoms. The molecule has 0 saturated heterocycles. The molecule has 0 saturated carbocycles. The lowest BCUT2D eigenvalue weighted by Crippen LogP contribution is -2.17. The van der Waals surface area contributed by atoms with Gasteiger partial charge in [0.05, 0.1) is 11.6 Å². The third-order valence-corrected chi connectivity index (χ3v) is 2.79. The zero-order valence-electron chi connectivity index (χ0n) is 10.2. The Kier molecular flexibility index (Phi) is 4.05. The van der Waals surface area contributed by atoms with Crippen molar-refractivity contribution in [3.05, 3.63) is 52.8 Å². The second-order valence-corrected chi connectivity index (χ2v) is 4.43. The fourth-order valence-electron chi connectivity index (χ4n) is 1.73. The number of hydrogen-bond donors (Lipinski definition) is 0. The minimum atomic E-state index is -4.95. The lowest BCUT2D eigenvalue weighted by atomic mass is 10.0. The van der Waals surface area contributed by atoms with E-state index in [1.54, 1.807) is 6.07 Å². The normalized spacial score (nSPS) is 11.0. The summed E-state index contributed by atoms with van der Waals surface area (Å²) in [5, 5.41) is 8.85. The van der Waals surface area contributed by atoms with Crippen LogP contribution in [0.3, 0.4) is 0 Å². The molecule has 0 bridgehead atoms. The van der Waals surface area contributed by atoms with Gasteiger partial charge in [-0.1, -0.05) is 11.6 Å². The maximum Gasteiger partial charge on any atom is 0.573 e. The third kappa shape index (κ3) is 3.64. The molecule has 2 rings (SSSR count). The minimum absolute atomic E-state index is 0.0348. The number of nitrogens with zero attached hydrogens (tertiary/aromatic N) is 1. The van der Waals surface area contributed by atoms with E-state index in [-0.39, 0.29) is 21.7 Å². The first kappa shape index (κ1) is 15.1. The molecule has 0 unspecified atom stereocenters. The summed E-state index contributed by atoms with van der Waals surface area (Å²) in [5.74, 6) is -1.44. The molecule has 2 aromatic carbocycles. The van der Waals surface area contributed by atoms with Crippen LogP contribution in [0.1, 0.15) is 5.56 Å². The van der Waals surface area contributed by atoms with Crippen LogP contribution in [0.2, 0.25) is 5.02 Å². The molecular weight excluding hydrogens is 310 g/mol. The number of hydrogen-bond acceptors (Lipinski definition) is 2. The number of ether oxygens (including phenoxy) is 1. The summed E-state index contributed by atoms with van der Waals surface area (Å²) < 4.78 is 55.0. The van der Waals surface area contributed by atoms with Crippen LogP contribution in [0, 0.1) is 17.1 Å². The minimum Gasteiger partial charge on any atom is -0.405 e. The Morgan fingerprint density at radius 1 is 1.05 bits per heavy atom. The van der Waals surface area contributed by atoms with Gasteiger partial charge in [-0.3, -0.25) is 0 Å². The van der Waals surface area contributed by atoms with Gasteiger partial charge in [-0.25, -0.2) is 4.39 Å². The van der Waals surface area contributed by atoms with Gasteiger partial charge in [0, 0.05) is 16.1 Å². The Bertz CT molecular complexity index is 722. The highest BCUT2D eigenvalue weighted by Gasteiger charge is 2.32. The van der Waals surface area contributed by atoms with Crippen LogP contribution < -0.4 is 4.74 Å². The molecule has 0 fully saturated rings. The molecule has 0 N–H and O–H groups in total. The Morgan fingerprint density at radius 3 is 2.29 bits per heavy atom. The zero-order valence-corrected chi connectivity index (χ0v) is 11.0. The Morgan fingerprint density at radius 2 is 1.71 bits per heavy atom. The van der Waals surface area contributed by atoms with Crippen LogP contribution >= 0.6 is 11.6 Å². The largest absolute Gasteiger partial charge is 0.573 e. The zero-order chi connectivity index (χ0) is 15.6. The molecule has 0 aromatic heterocycles. The van der Waals surface area contributed by atoms with E-state index in [1.807, 2.05) is 0 Å². The van der Waals surface area contributed by atoms with Crippen molar-refractivity contribution in [2.45, 2.75) is 6.36 Å². The summed E-state index contributed by atoms with van der Waals surface area (Å²) in [4.78, 5) is 0. The number of alkyl halides is 3. The topological polar surface area (TPSA) is 33.0 Å². The van der Waals surface area contributed by atoms with E-state index < -0.39 is 17.9 Å². The van der Waals surface area contributed by atoms with Gasteiger partial charge in [0.1, 0.15) is 11.6 Å². The molecule has 0 radical (unpaired) electrons. The maximum absolute atomic E-state index is 13.8. The van der Waals surface area contributed by atoms with Crippen molar-refractivity contribution in [1.82, 2.24) is 0 Å². The highest BCUT2D eigenvalue weighted by Crippen LogP contribution is 2.36. The summed E-state index contributed by atoms with van der Waals surface area (Å²) in [6, 6.07) is 8.61. The van der Waals surface area contributed by atoms with Gasteiger partial charge >= 0.3 is 6.36 Å². The molecule has 0 amide bonds. The smallest absolute Gasteiger partial charge is 0.405 e. The van der Waals surface area contributed by atoms with E-state index in [1.165, 1.54) is 24.3 Å². The van der Waals surface area contributed by atoms with Gasteiger partial charge in [-0.05, 0) is 36.4 Å². The first-order valence-corrected chi connectivity index (χ1v) is 5.93. The predicted octanol–water partition coefficient (Wildman–Crippen LogP) is 4.92. The summed E-state index contributed by atoms with van der Waals surface area (Å²) in [6.07, 6.45) is -4.95.